The minimum atomic E-state index is 0.196. The third-order valence-corrected chi connectivity index (χ3v) is 4.19. The molecule has 0 fully saturated rings. The van der Waals surface area contributed by atoms with Crippen molar-refractivity contribution in [2.75, 3.05) is 32.2 Å². The van der Waals surface area contributed by atoms with Crippen molar-refractivity contribution in [2.45, 2.75) is 6.42 Å². The molecule has 3 aromatic rings. The summed E-state index contributed by atoms with van der Waals surface area (Å²) in [6.07, 6.45) is 2.57. The Bertz CT molecular complexity index is 852. The number of aromatic nitrogens is 3. The predicted octanol–water partition coefficient (Wildman–Crippen LogP) is 2.86. The summed E-state index contributed by atoms with van der Waals surface area (Å²) in [7, 11) is 1.85. The second kappa shape index (κ2) is 8.28. The summed E-state index contributed by atoms with van der Waals surface area (Å²) in [6, 6.07) is 9.04. The number of aromatic hydroxyl groups is 1. The summed E-state index contributed by atoms with van der Waals surface area (Å²) >= 11 is 3.47. The van der Waals surface area contributed by atoms with E-state index in [0.29, 0.717) is 30.2 Å². The number of hydrogen-bond donors (Lipinski definition) is 3. The summed E-state index contributed by atoms with van der Waals surface area (Å²) in [4.78, 5) is 4.62. The Balaban J connectivity index is 1.85. The number of anilines is 1. The van der Waals surface area contributed by atoms with Gasteiger partial charge in [-0.15, -0.1) is 0 Å². The molecular formula is C17H20BrN5O2. The van der Waals surface area contributed by atoms with Crippen molar-refractivity contribution in [3.63, 3.8) is 0 Å². The van der Waals surface area contributed by atoms with E-state index in [1.165, 1.54) is 0 Å². The third-order valence-electron chi connectivity index (χ3n) is 3.63. The molecule has 0 unspecified atom stereocenters. The first kappa shape index (κ1) is 17.7. The lowest BCUT2D eigenvalue weighted by molar-refractivity contribution is 0.121. The molecule has 3 rings (SSSR count). The number of ether oxygens (including phenoxy) is 1. The molecule has 0 aliphatic carbocycles. The van der Waals surface area contributed by atoms with E-state index in [1.807, 2.05) is 25.2 Å². The number of phenols is 1. The monoisotopic (exact) mass is 405 g/mol. The Hall–Kier alpha value is -2.16. The molecule has 0 aliphatic heterocycles. The van der Waals surface area contributed by atoms with Gasteiger partial charge >= 0.3 is 0 Å². The van der Waals surface area contributed by atoms with Crippen molar-refractivity contribution < 1.29 is 9.84 Å². The van der Waals surface area contributed by atoms with Crippen LogP contribution in [0.2, 0.25) is 0 Å². The molecule has 0 atom stereocenters. The van der Waals surface area contributed by atoms with Crippen molar-refractivity contribution >= 4 is 27.4 Å². The molecule has 7 nitrogen and oxygen atoms in total. The molecule has 2 aromatic heterocycles. The number of para-hydroxylation sites is 1. The van der Waals surface area contributed by atoms with Crippen molar-refractivity contribution in [1.29, 1.82) is 0 Å². The van der Waals surface area contributed by atoms with Crippen LogP contribution in [-0.2, 0) is 4.74 Å². The maximum atomic E-state index is 10.1. The molecule has 0 aliphatic rings. The molecule has 2 heterocycles. The minimum absolute atomic E-state index is 0.196. The molecule has 1 aromatic carbocycles. The summed E-state index contributed by atoms with van der Waals surface area (Å²) in [5.74, 6) is 1.00. The zero-order valence-electron chi connectivity index (χ0n) is 13.9. The lowest BCUT2D eigenvalue weighted by Crippen LogP contribution is -2.14. The number of nitrogens with zero attached hydrogens (tertiary/aromatic N) is 3. The number of halogens is 1. The van der Waals surface area contributed by atoms with Gasteiger partial charge in [0, 0.05) is 18.2 Å². The van der Waals surface area contributed by atoms with Crippen LogP contribution in [0.5, 0.6) is 5.75 Å². The summed E-state index contributed by atoms with van der Waals surface area (Å²) in [6.45, 7) is 1.95. The molecule has 0 spiro atoms. The Morgan fingerprint density at radius 2 is 2.16 bits per heavy atom. The van der Waals surface area contributed by atoms with Crippen LogP contribution in [0.15, 0.2) is 41.0 Å². The molecule has 0 amide bonds. The Morgan fingerprint density at radius 1 is 1.32 bits per heavy atom. The number of rotatable bonds is 8. The van der Waals surface area contributed by atoms with Gasteiger partial charge < -0.3 is 15.2 Å². The second-order valence-corrected chi connectivity index (χ2v) is 6.31. The highest BCUT2D eigenvalue weighted by Gasteiger charge is 2.13. The van der Waals surface area contributed by atoms with Crippen molar-refractivity contribution in [3.05, 3.63) is 41.0 Å². The number of fused-ring (bicyclic) bond motifs is 1. The van der Waals surface area contributed by atoms with Crippen LogP contribution in [0.4, 0.5) is 5.82 Å². The fourth-order valence-corrected chi connectivity index (χ4v) is 2.80. The Labute approximate surface area is 154 Å². The van der Waals surface area contributed by atoms with Gasteiger partial charge in [0.15, 0.2) is 5.65 Å². The van der Waals surface area contributed by atoms with Gasteiger partial charge in [0.25, 0.3) is 0 Å². The standard InChI is InChI=1S/C17H20BrN5O2/c1-19-11-25-8-4-7-20-16-9-14(12-5-2-3-6-15(12)24)22-17-13(18)10-21-23(16)17/h2-3,5-6,9-10,19-20,24H,4,7-8,11H2,1H3. The normalized spacial score (nSPS) is 11.1. The smallest absolute Gasteiger partial charge is 0.172 e. The number of phenolic OH excluding ortho intramolecular Hbond substituents is 1. The van der Waals surface area contributed by atoms with Crippen molar-refractivity contribution in [3.8, 4) is 17.0 Å². The molecule has 0 bridgehead atoms. The summed E-state index contributed by atoms with van der Waals surface area (Å²) in [5.41, 5.74) is 2.05. The number of benzene rings is 1. The topological polar surface area (TPSA) is 83.7 Å². The van der Waals surface area contributed by atoms with E-state index >= 15 is 0 Å². The zero-order valence-corrected chi connectivity index (χ0v) is 15.5. The fraction of sp³-hybridized carbons (Fsp3) is 0.294. The van der Waals surface area contributed by atoms with Crippen LogP contribution >= 0.6 is 15.9 Å². The first-order chi connectivity index (χ1) is 12.2. The molecule has 132 valence electrons. The van der Waals surface area contributed by atoms with Gasteiger partial charge in [-0.3, -0.25) is 5.32 Å². The third kappa shape index (κ3) is 4.09. The molecule has 8 heteroatoms. The van der Waals surface area contributed by atoms with Gasteiger partial charge in [-0.2, -0.15) is 9.61 Å². The molecule has 0 radical (unpaired) electrons. The van der Waals surface area contributed by atoms with Gasteiger partial charge in [-0.05, 0) is 41.5 Å². The van der Waals surface area contributed by atoms with Gasteiger partial charge in [-0.25, -0.2) is 4.98 Å². The Morgan fingerprint density at radius 3 is 2.96 bits per heavy atom. The fourth-order valence-electron chi connectivity index (χ4n) is 2.46. The van der Waals surface area contributed by atoms with Crippen LogP contribution < -0.4 is 10.6 Å². The zero-order chi connectivity index (χ0) is 17.6. The number of nitrogens with one attached hydrogen (secondary N) is 2. The van der Waals surface area contributed by atoms with Gasteiger partial charge in [0.1, 0.15) is 11.6 Å². The van der Waals surface area contributed by atoms with E-state index in [-0.39, 0.29) is 5.75 Å². The van der Waals surface area contributed by atoms with E-state index < -0.39 is 0 Å². The minimum Gasteiger partial charge on any atom is -0.507 e. The molecule has 0 saturated carbocycles. The largest absolute Gasteiger partial charge is 0.507 e. The van der Waals surface area contributed by atoms with Crippen LogP contribution in [0, 0.1) is 0 Å². The van der Waals surface area contributed by atoms with E-state index in [2.05, 4.69) is 36.6 Å². The quantitative estimate of drug-likeness (QED) is 0.394. The second-order valence-electron chi connectivity index (χ2n) is 5.46. The molecule has 0 saturated heterocycles. The highest BCUT2D eigenvalue weighted by molar-refractivity contribution is 9.10. The number of hydrogen-bond acceptors (Lipinski definition) is 6. The van der Waals surface area contributed by atoms with Crippen molar-refractivity contribution in [2.24, 2.45) is 0 Å². The van der Waals surface area contributed by atoms with E-state index in [9.17, 15) is 5.11 Å². The molecule has 3 N–H and O–H groups in total. The average Bonchev–Trinajstić information content (AvgIpc) is 2.99. The SMILES string of the molecule is CNCOCCCNc1cc(-c2ccccc2O)nc2c(Br)cnn12. The van der Waals surface area contributed by atoms with Gasteiger partial charge in [0.2, 0.25) is 0 Å². The molecular weight excluding hydrogens is 386 g/mol. The summed E-state index contributed by atoms with van der Waals surface area (Å²) < 4.78 is 7.93. The highest BCUT2D eigenvalue weighted by Crippen LogP contribution is 2.30. The first-order valence-corrected chi connectivity index (χ1v) is 8.79. The maximum Gasteiger partial charge on any atom is 0.172 e. The van der Waals surface area contributed by atoms with Crippen molar-refractivity contribution in [1.82, 2.24) is 19.9 Å². The Kier molecular flexibility index (Phi) is 5.85. The average molecular weight is 406 g/mol. The highest BCUT2D eigenvalue weighted by atomic mass is 79.9. The maximum absolute atomic E-state index is 10.1. The summed E-state index contributed by atoms with van der Waals surface area (Å²) in [5, 5.41) is 20.8. The molecule has 25 heavy (non-hydrogen) atoms. The first-order valence-electron chi connectivity index (χ1n) is 7.99. The van der Waals surface area contributed by atoms with E-state index in [4.69, 9.17) is 4.74 Å². The lowest BCUT2D eigenvalue weighted by atomic mass is 10.1. The van der Waals surface area contributed by atoms with Gasteiger partial charge in [0.05, 0.1) is 29.7 Å². The van der Waals surface area contributed by atoms with E-state index in [1.54, 1.807) is 22.8 Å². The van der Waals surface area contributed by atoms with Crippen LogP contribution in [0.3, 0.4) is 0 Å². The van der Waals surface area contributed by atoms with Gasteiger partial charge in [-0.1, -0.05) is 12.1 Å². The predicted molar refractivity (Wildman–Crippen MR) is 101 cm³/mol. The lowest BCUT2D eigenvalue weighted by Gasteiger charge is -2.11. The van der Waals surface area contributed by atoms with E-state index in [0.717, 1.165) is 23.3 Å². The van der Waals surface area contributed by atoms with Crippen LogP contribution in [-0.4, -0.2) is 46.6 Å². The van der Waals surface area contributed by atoms with Crippen LogP contribution in [0.1, 0.15) is 6.42 Å². The van der Waals surface area contributed by atoms with Crippen LogP contribution in [0.25, 0.3) is 16.9 Å².